The predicted octanol–water partition coefficient (Wildman–Crippen LogP) is 3.33. The van der Waals surface area contributed by atoms with Crippen LogP contribution in [0.5, 0.6) is 17.2 Å². The first-order chi connectivity index (χ1) is 12.6. The number of hydrogen-bond donors (Lipinski definition) is 1. The Hall–Kier alpha value is -2.08. The van der Waals surface area contributed by atoms with Gasteiger partial charge in [-0.05, 0) is 50.2 Å². The van der Waals surface area contributed by atoms with Crippen molar-refractivity contribution in [1.29, 1.82) is 0 Å². The second-order valence-electron chi connectivity index (χ2n) is 6.80. The van der Waals surface area contributed by atoms with Crippen LogP contribution in [0.2, 0.25) is 0 Å². The van der Waals surface area contributed by atoms with E-state index in [0.717, 1.165) is 18.0 Å². The Labute approximate surface area is 155 Å². The summed E-state index contributed by atoms with van der Waals surface area (Å²) in [4.78, 5) is 2.25. The third-order valence-electron chi connectivity index (χ3n) is 4.43. The molecular formula is C21H27NO4. The highest BCUT2D eigenvalue weighted by Crippen LogP contribution is 2.23. The van der Waals surface area contributed by atoms with Crippen LogP contribution in [0.15, 0.2) is 54.6 Å². The predicted molar refractivity (Wildman–Crippen MR) is 101 cm³/mol. The number of hydrogen-bond acceptors (Lipinski definition) is 5. The second kappa shape index (κ2) is 9.03. The van der Waals surface area contributed by atoms with Crippen molar-refractivity contribution < 1.29 is 19.3 Å². The molecular weight excluding hydrogens is 330 g/mol. The fraction of sp³-hybridized carbons (Fsp3) is 0.429. The van der Waals surface area contributed by atoms with E-state index in [1.807, 2.05) is 54.6 Å². The van der Waals surface area contributed by atoms with E-state index in [9.17, 15) is 5.11 Å². The van der Waals surface area contributed by atoms with Gasteiger partial charge in [-0.15, -0.1) is 0 Å². The SMILES string of the molecule is CC1CN(CC(O)COc2ccc(Oc3ccccc3)cc2)C(C)CO1. The van der Waals surface area contributed by atoms with Gasteiger partial charge in [-0.3, -0.25) is 4.90 Å². The molecule has 2 aromatic carbocycles. The summed E-state index contributed by atoms with van der Waals surface area (Å²) in [7, 11) is 0. The summed E-state index contributed by atoms with van der Waals surface area (Å²) in [5.74, 6) is 2.26. The van der Waals surface area contributed by atoms with Crippen LogP contribution in [0.3, 0.4) is 0 Å². The van der Waals surface area contributed by atoms with Crippen molar-refractivity contribution in [2.24, 2.45) is 0 Å². The lowest BCUT2D eigenvalue weighted by molar-refractivity contribution is -0.0650. The van der Waals surface area contributed by atoms with Crippen molar-refractivity contribution >= 4 is 0 Å². The Morgan fingerprint density at radius 1 is 1.04 bits per heavy atom. The van der Waals surface area contributed by atoms with Crippen LogP contribution in [0.1, 0.15) is 13.8 Å². The van der Waals surface area contributed by atoms with Gasteiger partial charge in [0.2, 0.25) is 0 Å². The minimum Gasteiger partial charge on any atom is -0.491 e. The smallest absolute Gasteiger partial charge is 0.127 e. The molecule has 1 fully saturated rings. The van der Waals surface area contributed by atoms with Gasteiger partial charge in [-0.1, -0.05) is 18.2 Å². The molecule has 0 spiro atoms. The monoisotopic (exact) mass is 357 g/mol. The quantitative estimate of drug-likeness (QED) is 0.824. The van der Waals surface area contributed by atoms with Crippen LogP contribution in [0.25, 0.3) is 0 Å². The third-order valence-corrected chi connectivity index (χ3v) is 4.43. The number of morpholine rings is 1. The van der Waals surface area contributed by atoms with Crippen LogP contribution in [-0.2, 0) is 4.74 Å². The maximum Gasteiger partial charge on any atom is 0.127 e. The highest BCUT2D eigenvalue weighted by atomic mass is 16.5. The topological polar surface area (TPSA) is 51.2 Å². The normalized spacial score (nSPS) is 22.0. The molecule has 1 aliphatic rings. The number of ether oxygens (including phenoxy) is 3. The van der Waals surface area contributed by atoms with Gasteiger partial charge in [0.1, 0.15) is 30.0 Å². The lowest BCUT2D eigenvalue weighted by Crippen LogP contribution is -2.50. The summed E-state index contributed by atoms with van der Waals surface area (Å²) in [6.07, 6.45) is -0.334. The Bertz CT molecular complexity index is 661. The number of nitrogens with zero attached hydrogens (tertiary/aromatic N) is 1. The molecule has 3 unspecified atom stereocenters. The molecule has 5 heteroatoms. The van der Waals surface area contributed by atoms with Crippen molar-refractivity contribution in [2.45, 2.75) is 32.1 Å². The van der Waals surface area contributed by atoms with E-state index in [1.165, 1.54) is 0 Å². The first kappa shape index (κ1) is 18.7. The highest BCUT2D eigenvalue weighted by Gasteiger charge is 2.25. The molecule has 1 saturated heterocycles. The lowest BCUT2D eigenvalue weighted by atomic mass is 10.2. The van der Waals surface area contributed by atoms with Crippen molar-refractivity contribution in [2.75, 3.05) is 26.3 Å². The van der Waals surface area contributed by atoms with Crippen LogP contribution >= 0.6 is 0 Å². The second-order valence-corrected chi connectivity index (χ2v) is 6.80. The van der Waals surface area contributed by atoms with Gasteiger partial charge in [-0.25, -0.2) is 0 Å². The maximum absolute atomic E-state index is 10.3. The molecule has 140 valence electrons. The van der Waals surface area contributed by atoms with Crippen molar-refractivity contribution in [3.63, 3.8) is 0 Å². The molecule has 2 aromatic rings. The molecule has 0 radical (unpaired) electrons. The Balaban J connectivity index is 1.45. The number of rotatable bonds is 7. The molecule has 1 aliphatic heterocycles. The molecule has 0 aromatic heterocycles. The minimum absolute atomic E-state index is 0.205. The molecule has 3 rings (SSSR count). The highest BCUT2D eigenvalue weighted by molar-refractivity contribution is 5.35. The summed E-state index contributed by atoms with van der Waals surface area (Å²) < 4.78 is 17.1. The van der Waals surface area contributed by atoms with E-state index in [2.05, 4.69) is 18.7 Å². The van der Waals surface area contributed by atoms with Crippen molar-refractivity contribution in [1.82, 2.24) is 4.90 Å². The Morgan fingerprint density at radius 2 is 1.69 bits per heavy atom. The van der Waals surface area contributed by atoms with Crippen LogP contribution < -0.4 is 9.47 Å². The zero-order valence-corrected chi connectivity index (χ0v) is 15.4. The molecule has 0 bridgehead atoms. The van der Waals surface area contributed by atoms with Gasteiger partial charge >= 0.3 is 0 Å². The lowest BCUT2D eigenvalue weighted by Gasteiger charge is -2.37. The largest absolute Gasteiger partial charge is 0.491 e. The zero-order valence-electron chi connectivity index (χ0n) is 15.4. The summed E-state index contributed by atoms with van der Waals surface area (Å²) in [6.45, 7) is 6.56. The first-order valence-electron chi connectivity index (χ1n) is 9.09. The Morgan fingerprint density at radius 3 is 2.42 bits per heavy atom. The molecule has 1 N–H and O–H groups in total. The average molecular weight is 357 g/mol. The summed E-state index contributed by atoms with van der Waals surface area (Å²) in [5.41, 5.74) is 0. The maximum atomic E-state index is 10.3. The number of β-amino-alcohol motifs (C(OH)–C–C–N with tert-alkyl or cyclic N) is 1. The van der Waals surface area contributed by atoms with E-state index in [-0.39, 0.29) is 12.7 Å². The van der Waals surface area contributed by atoms with Crippen molar-refractivity contribution in [3.8, 4) is 17.2 Å². The van der Waals surface area contributed by atoms with E-state index < -0.39 is 6.10 Å². The van der Waals surface area contributed by atoms with E-state index in [4.69, 9.17) is 14.2 Å². The molecule has 5 nitrogen and oxygen atoms in total. The zero-order chi connectivity index (χ0) is 18.4. The van der Waals surface area contributed by atoms with Gasteiger partial charge in [-0.2, -0.15) is 0 Å². The van der Waals surface area contributed by atoms with Gasteiger partial charge < -0.3 is 19.3 Å². The standard InChI is InChI=1S/C21H27NO4/c1-16-14-24-17(2)12-22(16)13-18(23)15-25-19-8-10-21(11-9-19)26-20-6-4-3-5-7-20/h3-11,16-18,23H,12-15H2,1-2H3. The van der Waals surface area contributed by atoms with Gasteiger partial charge in [0.05, 0.1) is 12.7 Å². The van der Waals surface area contributed by atoms with Gasteiger partial charge in [0.25, 0.3) is 0 Å². The summed E-state index contributed by atoms with van der Waals surface area (Å²) in [5, 5.41) is 10.3. The molecule has 26 heavy (non-hydrogen) atoms. The Kier molecular flexibility index (Phi) is 6.50. The number of aliphatic hydroxyl groups excluding tert-OH is 1. The summed E-state index contributed by atoms with van der Waals surface area (Å²) >= 11 is 0. The number of benzene rings is 2. The van der Waals surface area contributed by atoms with E-state index >= 15 is 0 Å². The average Bonchev–Trinajstić information content (AvgIpc) is 2.65. The third kappa shape index (κ3) is 5.46. The van der Waals surface area contributed by atoms with Crippen LogP contribution in [0.4, 0.5) is 0 Å². The fourth-order valence-corrected chi connectivity index (χ4v) is 2.97. The number of aliphatic hydroxyl groups is 1. The number of para-hydroxylation sites is 1. The fourth-order valence-electron chi connectivity index (χ4n) is 2.97. The molecule has 3 atom stereocenters. The van der Waals surface area contributed by atoms with Gasteiger partial charge in [0.15, 0.2) is 0 Å². The molecule has 1 heterocycles. The minimum atomic E-state index is -0.539. The summed E-state index contributed by atoms with van der Waals surface area (Å²) in [6, 6.07) is 17.4. The molecule has 0 amide bonds. The van der Waals surface area contributed by atoms with Crippen LogP contribution in [-0.4, -0.2) is 54.6 Å². The van der Waals surface area contributed by atoms with Crippen LogP contribution in [0, 0.1) is 0 Å². The first-order valence-corrected chi connectivity index (χ1v) is 9.09. The van der Waals surface area contributed by atoms with E-state index in [1.54, 1.807) is 0 Å². The molecule has 0 saturated carbocycles. The van der Waals surface area contributed by atoms with E-state index in [0.29, 0.717) is 24.9 Å². The van der Waals surface area contributed by atoms with Crippen molar-refractivity contribution in [3.05, 3.63) is 54.6 Å². The van der Waals surface area contributed by atoms with Gasteiger partial charge in [0, 0.05) is 19.1 Å². The molecule has 0 aliphatic carbocycles.